The van der Waals surface area contributed by atoms with Crippen molar-refractivity contribution in [2.75, 3.05) is 53.2 Å². The van der Waals surface area contributed by atoms with Crippen LogP contribution >= 0.6 is 34.0 Å². The summed E-state index contributed by atoms with van der Waals surface area (Å²) in [6.45, 7) is 8.52. The van der Waals surface area contributed by atoms with Gasteiger partial charge in [0.2, 0.25) is 23.6 Å². The van der Waals surface area contributed by atoms with Gasteiger partial charge >= 0.3 is 0 Å². The summed E-state index contributed by atoms with van der Waals surface area (Å²) in [6.07, 6.45) is 24.7. The van der Waals surface area contributed by atoms with Crippen molar-refractivity contribution in [1.82, 2.24) is 49.9 Å². The summed E-state index contributed by atoms with van der Waals surface area (Å²) in [4.78, 5) is 160. The normalized spacial score (nSPS) is 11.0. The van der Waals surface area contributed by atoms with E-state index in [1.165, 1.54) is 36.4 Å². The van der Waals surface area contributed by atoms with Gasteiger partial charge in [-0.3, -0.25) is 47.9 Å². The lowest BCUT2D eigenvalue weighted by Crippen LogP contribution is -2.19. The van der Waals surface area contributed by atoms with Crippen molar-refractivity contribution in [3.8, 4) is 52.0 Å². The molecule has 10 amide bonds. The molecule has 0 saturated carbocycles. The number of hydrogen-bond acceptors (Lipinski definition) is 21. The van der Waals surface area contributed by atoms with Crippen LogP contribution in [0.4, 0.5) is 57.9 Å². The maximum Gasteiger partial charge on any atom is 0.256 e. The van der Waals surface area contributed by atoms with Crippen LogP contribution in [0.3, 0.4) is 0 Å². The van der Waals surface area contributed by atoms with E-state index < -0.39 is 35.4 Å². The number of carbonyl (C=O) groups excluding carboxylic acids is 10. The smallest absolute Gasteiger partial charge is 0.256 e. The van der Waals surface area contributed by atoms with Crippen molar-refractivity contribution in [1.29, 1.82) is 0 Å². The highest BCUT2D eigenvalue weighted by Crippen LogP contribution is 2.43. The Bertz CT molecular complexity index is 5600. The number of amides is 10. The Labute approximate surface area is 770 Å². The number of carbonyl (C=O) groups is 10. The molecule has 0 aliphatic rings. The topological polar surface area (TPSA) is 404 Å². The van der Waals surface area contributed by atoms with Gasteiger partial charge < -0.3 is 53.2 Å². The second-order valence-corrected chi connectivity index (χ2v) is 34.7. The molecule has 0 saturated heterocycles. The lowest BCUT2D eigenvalue weighted by molar-refractivity contribution is -0.117. The van der Waals surface area contributed by atoms with Crippen LogP contribution in [0, 0.1) is 0 Å². The van der Waals surface area contributed by atoms with Crippen LogP contribution in [-0.4, -0.2) is 109 Å². The lowest BCUT2D eigenvalue weighted by Gasteiger charge is -2.13. The molecule has 0 atom stereocenters. The number of nitrogens with one attached hydrogen (secondary N) is 10. The average molecular weight is 1820 g/mol. The number of hydrogen-bond donors (Lipinski definition) is 10. The highest BCUT2D eigenvalue weighted by atomic mass is 32.1. The van der Waals surface area contributed by atoms with Gasteiger partial charge in [0.15, 0.2) is 0 Å². The predicted octanol–water partition coefficient (Wildman–Crippen LogP) is 22.0. The van der Waals surface area contributed by atoms with Crippen LogP contribution in [-0.2, 0) is 19.2 Å². The Hall–Kier alpha value is -14.4. The maximum absolute atomic E-state index is 14.1. The van der Waals surface area contributed by atoms with Gasteiger partial charge in [-0.1, -0.05) is 165 Å². The first kappa shape index (κ1) is 94.2. The number of rotatable bonds is 46. The molecule has 131 heavy (non-hydrogen) atoms. The number of nitrogens with zero attached hydrogens (tertiary/aromatic N) is 10. The average Bonchev–Trinajstić information content (AvgIpc) is 1.31. The molecule has 0 spiro atoms. The van der Waals surface area contributed by atoms with Gasteiger partial charge in [0.25, 0.3) is 35.4 Å². The van der Waals surface area contributed by atoms with E-state index in [1.54, 1.807) is 177 Å². The molecule has 674 valence electrons. The van der Waals surface area contributed by atoms with E-state index in [0.29, 0.717) is 48.4 Å². The summed E-state index contributed by atoms with van der Waals surface area (Å²) in [5.74, 6) is -2.95. The third-order valence-electron chi connectivity index (χ3n) is 21.1. The predicted molar refractivity (Wildman–Crippen MR) is 517 cm³/mol. The molecule has 13 rings (SSSR count). The van der Waals surface area contributed by atoms with Crippen LogP contribution in [0.15, 0.2) is 207 Å². The summed E-state index contributed by atoms with van der Waals surface area (Å²) >= 11 is 4.78. The number of benzene rings is 4. The molecule has 9 heterocycles. The summed E-state index contributed by atoms with van der Waals surface area (Å²) in [6, 6.07) is 53.4. The zero-order valence-electron chi connectivity index (χ0n) is 73.4. The zero-order valence-corrected chi connectivity index (χ0v) is 75.8. The van der Waals surface area contributed by atoms with Gasteiger partial charge in [0, 0.05) is 89.9 Å². The molecule has 0 aliphatic heterocycles. The standard InChI is InChI=1S/C98H104N20O10S3/c1-5-9-13-17-21-37-89(119)105-81-29-25-33-85(101-81)109-95(125)65-55-66(96(126)110-86-34-26-30-82(102-86)106-90(120)38-22-18-14-10-6-2)58-69(57-65)99-93(123)63-41-45-71(46-42-63)117-61-73(113-115-117)75-49-51-77(129-75)79-53-54-80(131-79)78-52-50-76(130-78)74-62-118(116-114-74)72-47-43-64(44-48-72)94(124)100-70-59-67(97(127)111-87-35-27-31-83(103-87)107-91(121)39-23-19-15-11-7-3)56-68(60-70)98(128)112-88-36-28-32-84(104-88)108-92(122)40-24-20-16-12-8-4/h25-36,41-62H,5-24,37-40H2,1-4H3,(H,99,123)(H,100,124)(H2,101,105,109,119,125)(H2,102,106,110,120,126)(H2,103,107,111,121,127)(H2,104,108,112,122,128). The van der Waals surface area contributed by atoms with E-state index in [-0.39, 0.29) is 115 Å². The minimum atomic E-state index is -0.658. The fourth-order valence-corrected chi connectivity index (χ4v) is 17.2. The van der Waals surface area contributed by atoms with Gasteiger partial charge in [-0.15, -0.1) is 44.2 Å². The number of thiophene rings is 3. The maximum atomic E-state index is 14.1. The van der Waals surface area contributed by atoms with Crippen LogP contribution in [0.25, 0.3) is 52.0 Å². The second kappa shape index (κ2) is 47.6. The zero-order chi connectivity index (χ0) is 91.8. The number of aromatic nitrogens is 10. The SMILES string of the molecule is CCCCCCCC(=O)Nc1cccc(NC(=O)c2cc(NC(=O)c3ccc(-n4cc(-c5ccc(-c6ccc(-c7ccc(-c8cn(-c9ccc(C(=O)Nc%10cc(C(=O)Nc%11cccc(NC(=O)CCCCCCC)n%11)cc(C(=O)Nc%11cccc(NC(=O)CCCCCCC)n%11)c%10)cc9)nn8)s7)s6)s5)nn4)cc3)cc(C(=O)Nc3cccc(NC(=O)CCCCCCC)n3)c2)n1. The fourth-order valence-electron chi connectivity index (χ4n) is 14.1. The van der Waals surface area contributed by atoms with Gasteiger partial charge in [0.05, 0.1) is 33.5 Å². The van der Waals surface area contributed by atoms with Gasteiger partial charge in [-0.25, -0.2) is 29.3 Å². The summed E-state index contributed by atoms with van der Waals surface area (Å²) in [7, 11) is 0. The lowest BCUT2D eigenvalue weighted by atomic mass is 10.1. The van der Waals surface area contributed by atoms with Crippen molar-refractivity contribution >= 4 is 151 Å². The molecule has 0 unspecified atom stereocenters. The minimum absolute atomic E-state index is 0.0000196. The van der Waals surface area contributed by atoms with Crippen LogP contribution in [0.2, 0.25) is 0 Å². The molecule has 0 radical (unpaired) electrons. The molecule has 0 aliphatic carbocycles. The molecule has 10 N–H and O–H groups in total. The second-order valence-electron chi connectivity index (χ2n) is 31.5. The van der Waals surface area contributed by atoms with Crippen molar-refractivity contribution in [2.24, 2.45) is 0 Å². The first-order valence-electron chi connectivity index (χ1n) is 44.4. The summed E-state index contributed by atoms with van der Waals surface area (Å²) < 4.78 is 3.22. The van der Waals surface area contributed by atoms with Crippen molar-refractivity contribution in [3.05, 3.63) is 240 Å². The summed E-state index contributed by atoms with van der Waals surface area (Å²) in [5, 5.41) is 45.9. The van der Waals surface area contributed by atoms with E-state index in [4.69, 9.17) is 0 Å². The Morgan fingerprint density at radius 1 is 0.252 bits per heavy atom. The largest absolute Gasteiger partial charge is 0.322 e. The molecule has 30 nitrogen and oxygen atoms in total. The summed E-state index contributed by atoms with van der Waals surface area (Å²) in [5.41, 5.74) is 3.26. The molecule has 33 heteroatoms. The third-order valence-corrected chi connectivity index (χ3v) is 24.8. The van der Waals surface area contributed by atoms with E-state index >= 15 is 0 Å². The van der Waals surface area contributed by atoms with E-state index in [2.05, 4.69) is 134 Å². The van der Waals surface area contributed by atoms with Crippen LogP contribution < -0.4 is 53.2 Å². The number of anilines is 10. The Morgan fingerprint density at radius 3 is 0.756 bits per heavy atom. The highest BCUT2D eigenvalue weighted by Gasteiger charge is 2.23. The monoisotopic (exact) mass is 1820 g/mol. The van der Waals surface area contributed by atoms with E-state index in [0.717, 1.165) is 158 Å². The Balaban J connectivity index is 0.632. The highest BCUT2D eigenvalue weighted by molar-refractivity contribution is 7.27. The van der Waals surface area contributed by atoms with Gasteiger partial charge in [0.1, 0.15) is 57.9 Å². The number of pyridine rings is 4. The molecule has 9 aromatic heterocycles. The quantitative estimate of drug-likeness (QED) is 0.0158. The molecule has 0 fully saturated rings. The molecule has 13 aromatic rings. The first-order chi connectivity index (χ1) is 63.8. The van der Waals surface area contributed by atoms with E-state index in [9.17, 15) is 47.9 Å². The fraction of sp³-hybridized carbons (Fsp3) is 0.286. The van der Waals surface area contributed by atoms with E-state index in [1.807, 2.05) is 24.3 Å². The minimum Gasteiger partial charge on any atom is -0.322 e. The van der Waals surface area contributed by atoms with Gasteiger partial charge in [-0.05, 0) is 196 Å². The Morgan fingerprint density at radius 2 is 0.489 bits per heavy atom. The van der Waals surface area contributed by atoms with Gasteiger partial charge in [-0.2, -0.15) is 0 Å². The van der Waals surface area contributed by atoms with Crippen molar-refractivity contribution in [3.63, 3.8) is 0 Å². The molecular formula is C98H104N20O10S3. The molecular weight excluding hydrogens is 1710 g/mol. The first-order valence-corrected chi connectivity index (χ1v) is 46.9. The van der Waals surface area contributed by atoms with Crippen molar-refractivity contribution < 1.29 is 47.9 Å². The molecule has 4 aromatic carbocycles. The van der Waals surface area contributed by atoms with Crippen LogP contribution in [0.1, 0.15) is 244 Å². The van der Waals surface area contributed by atoms with Crippen LogP contribution in [0.5, 0.6) is 0 Å². The Kier molecular flexibility index (Phi) is 34.2. The van der Waals surface area contributed by atoms with Crippen molar-refractivity contribution in [2.45, 2.75) is 182 Å². The third kappa shape index (κ3) is 28.0. The number of unbranched alkanes of at least 4 members (excludes halogenated alkanes) is 16. The molecule has 0 bridgehead atoms.